The topological polar surface area (TPSA) is 61.2 Å². The van der Waals surface area contributed by atoms with E-state index in [1.54, 1.807) is 29.8 Å². The van der Waals surface area contributed by atoms with Crippen LogP contribution in [0.5, 0.6) is 0 Å². The fraction of sp³-hybridized carbons (Fsp3) is 0.0952. The molecule has 0 N–H and O–H groups in total. The van der Waals surface area contributed by atoms with Crippen LogP contribution >= 0.6 is 11.3 Å². The number of para-hydroxylation sites is 1. The Morgan fingerprint density at radius 2 is 1.70 bits per heavy atom. The Hall–Kier alpha value is -3.25. The molecule has 0 unspecified atom stereocenters. The molecule has 0 atom stereocenters. The van der Waals surface area contributed by atoms with Crippen molar-refractivity contribution in [1.82, 2.24) is 9.78 Å². The summed E-state index contributed by atoms with van der Waals surface area (Å²) in [5, 5.41) is 5.08. The Morgan fingerprint density at radius 1 is 1.04 bits per heavy atom. The predicted molar refractivity (Wildman–Crippen MR) is 105 cm³/mol. The minimum Gasteiger partial charge on any atom is -0.461 e. The van der Waals surface area contributed by atoms with E-state index in [1.165, 1.54) is 11.3 Å². The first kappa shape index (κ1) is 17.2. The van der Waals surface area contributed by atoms with Gasteiger partial charge in [-0.2, -0.15) is 5.10 Å². The van der Waals surface area contributed by atoms with Crippen LogP contribution in [0.25, 0.3) is 15.9 Å². The molecule has 6 heteroatoms. The highest BCUT2D eigenvalue weighted by atomic mass is 32.1. The second-order valence-electron chi connectivity index (χ2n) is 5.84. The summed E-state index contributed by atoms with van der Waals surface area (Å²) >= 11 is 1.32. The number of aromatic nitrogens is 2. The van der Waals surface area contributed by atoms with E-state index in [9.17, 15) is 9.59 Å². The molecule has 0 saturated heterocycles. The van der Waals surface area contributed by atoms with Crippen molar-refractivity contribution >= 4 is 33.3 Å². The molecule has 0 spiro atoms. The van der Waals surface area contributed by atoms with Crippen molar-refractivity contribution in [3.8, 4) is 5.69 Å². The Balaban J connectivity index is 1.88. The zero-order chi connectivity index (χ0) is 18.8. The van der Waals surface area contributed by atoms with Gasteiger partial charge in [-0.05, 0) is 25.1 Å². The van der Waals surface area contributed by atoms with E-state index in [-0.39, 0.29) is 18.1 Å². The molecule has 4 rings (SSSR count). The first-order valence-corrected chi connectivity index (χ1v) is 9.35. The van der Waals surface area contributed by atoms with E-state index in [1.807, 2.05) is 48.5 Å². The van der Waals surface area contributed by atoms with Gasteiger partial charge in [-0.3, -0.25) is 4.79 Å². The maximum Gasteiger partial charge on any atom is 0.359 e. The number of hydrogen-bond donors (Lipinski definition) is 0. The highest BCUT2D eigenvalue weighted by Gasteiger charge is 2.24. The molecule has 0 radical (unpaired) electrons. The molecule has 0 fully saturated rings. The molecule has 0 saturated carbocycles. The molecule has 4 aromatic rings. The number of thiophene rings is 1. The van der Waals surface area contributed by atoms with Gasteiger partial charge in [0, 0.05) is 10.9 Å². The lowest BCUT2D eigenvalue weighted by Gasteiger charge is -2.02. The maximum atomic E-state index is 12.8. The van der Waals surface area contributed by atoms with Crippen LogP contribution in [-0.2, 0) is 4.74 Å². The van der Waals surface area contributed by atoms with Crippen molar-refractivity contribution in [3.05, 3.63) is 82.9 Å². The van der Waals surface area contributed by atoms with Crippen molar-refractivity contribution < 1.29 is 14.3 Å². The van der Waals surface area contributed by atoms with Crippen molar-refractivity contribution in [2.24, 2.45) is 0 Å². The van der Waals surface area contributed by atoms with Crippen LogP contribution in [0.4, 0.5) is 0 Å². The fourth-order valence-corrected chi connectivity index (χ4v) is 3.94. The summed E-state index contributed by atoms with van der Waals surface area (Å²) in [6, 6.07) is 20.3. The van der Waals surface area contributed by atoms with Gasteiger partial charge < -0.3 is 4.74 Å². The third-order valence-corrected chi connectivity index (χ3v) is 5.20. The summed E-state index contributed by atoms with van der Waals surface area (Å²) in [7, 11) is 0. The lowest BCUT2D eigenvalue weighted by molar-refractivity contribution is 0.0521. The van der Waals surface area contributed by atoms with E-state index < -0.39 is 5.97 Å². The second kappa shape index (κ2) is 7.17. The quantitative estimate of drug-likeness (QED) is 0.380. The molecule has 5 nitrogen and oxygen atoms in total. The standard InChI is InChI=1S/C21H16N2O3S/c1-2-26-21(25)18-16-13-17(19(24)14-9-5-3-6-10-14)27-20(16)23(22-18)15-11-7-4-8-12-15/h3-13H,2H2,1H3. The number of hydrogen-bond acceptors (Lipinski definition) is 5. The van der Waals surface area contributed by atoms with Crippen LogP contribution in [-0.4, -0.2) is 28.1 Å². The maximum absolute atomic E-state index is 12.8. The van der Waals surface area contributed by atoms with Crippen molar-refractivity contribution in [3.63, 3.8) is 0 Å². The molecule has 0 aliphatic heterocycles. The summed E-state index contributed by atoms with van der Waals surface area (Å²) in [6.07, 6.45) is 0. The molecule has 134 valence electrons. The second-order valence-corrected chi connectivity index (χ2v) is 6.87. The van der Waals surface area contributed by atoms with Gasteiger partial charge in [-0.15, -0.1) is 11.3 Å². The van der Waals surface area contributed by atoms with E-state index in [0.29, 0.717) is 15.8 Å². The number of carbonyl (C=O) groups is 2. The van der Waals surface area contributed by atoms with Gasteiger partial charge in [0.15, 0.2) is 5.69 Å². The Bertz CT molecular complexity index is 1110. The van der Waals surface area contributed by atoms with E-state index >= 15 is 0 Å². The molecule has 2 aromatic heterocycles. The average molecular weight is 376 g/mol. The summed E-state index contributed by atoms with van der Waals surface area (Å²) in [4.78, 5) is 26.5. The number of rotatable bonds is 5. The Labute approximate surface area is 159 Å². The summed E-state index contributed by atoms with van der Waals surface area (Å²) in [6.45, 7) is 2.01. The zero-order valence-electron chi connectivity index (χ0n) is 14.6. The first-order valence-electron chi connectivity index (χ1n) is 8.54. The number of esters is 1. The van der Waals surface area contributed by atoms with Gasteiger partial charge in [-0.1, -0.05) is 48.5 Å². The third-order valence-electron chi connectivity index (χ3n) is 4.09. The Morgan fingerprint density at radius 3 is 2.37 bits per heavy atom. The molecule has 2 aromatic carbocycles. The highest BCUT2D eigenvalue weighted by molar-refractivity contribution is 7.20. The van der Waals surface area contributed by atoms with Gasteiger partial charge in [-0.25, -0.2) is 9.48 Å². The van der Waals surface area contributed by atoms with Crippen LogP contribution in [0.1, 0.15) is 32.6 Å². The summed E-state index contributed by atoms with van der Waals surface area (Å²) < 4.78 is 6.83. The minimum atomic E-state index is -0.492. The first-order chi connectivity index (χ1) is 13.2. The molecule has 0 aliphatic carbocycles. The van der Waals surface area contributed by atoms with Gasteiger partial charge in [0.25, 0.3) is 0 Å². The van der Waals surface area contributed by atoms with Crippen molar-refractivity contribution in [2.45, 2.75) is 6.92 Å². The van der Waals surface area contributed by atoms with Crippen molar-refractivity contribution in [2.75, 3.05) is 6.61 Å². The number of ketones is 1. The van der Waals surface area contributed by atoms with Crippen LogP contribution in [0.2, 0.25) is 0 Å². The number of benzene rings is 2. The van der Waals surface area contributed by atoms with Crippen LogP contribution in [0.15, 0.2) is 66.7 Å². The fourth-order valence-electron chi connectivity index (χ4n) is 2.85. The normalized spacial score (nSPS) is 10.9. The molecular formula is C21H16N2O3S. The van der Waals surface area contributed by atoms with Crippen LogP contribution in [0, 0.1) is 0 Å². The highest BCUT2D eigenvalue weighted by Crippen LogP contribution is 2.32. The number of nitrogens with zero attached hydrogens (tertiary/aromatic N) is 2. The average Bonchev–Trinajstić information content (AvgIpc) is 3.28. The number of fused-ring (bicyclic) bond motifs is 1. The molecule has 0 aliphatic rings. The lowest BCUT2D eigenvalue weighted by atomic mass is 10.1. The van der Waals surface area contributed by atoms with Gasteiger partial charge in [0.2, 0.25) is 5.78 Å². The molecule has 0 bridgehead atoms. The SMILES string of the molecule is CCOC(=O)c1nn(-c2ccccc2)c2sc(C(=O)c3ccccc3)cc12. The van der Waals surface area contributed by atoms with E-state index in [0.717, 1.165) is 10.5 Å². The summed E-state index contributed by atoms with van der Waals surface area (Å²) in [5.74, 6) is -0.570. The third kappa shape index (κ3) is 3.15. The largest absolute Gasteiger partial charge is 0.461 e. The lowest BCUT2D eigenvalue weighted by Crippen LogP contribution is -2.07. The van der Waals surface area contributed by atoms with Crippen LogP contribution in [0.3, 0.4) is 0 Å². The Kier molecular flexibility index (Phi) is 4.56. The molecule has 2 heterocycles. The number of ether oxygens (including phenoxy) is 1. The molecular weight excluding hydrogens is 360 g/mol. The minimum absolute atomic E-state index is 0.0776. The zero-order valence-corrected chi connectivity index (χ0v) is 15.4. The predicted octanol–water partition coefficient (Wildman–Crippen LogP) is 4.49. The molecule has 27 heavy (non-hydrogen) atoms. The smallest absolute Gasteiger partial charge is 0.359 e. The van der Waals surface area contributed by atoms with Crippen LogP contribution < -0.4 is 0 Å². The van der Waals surface area contributed by atoms with Crippen molar-refractivity contribution in [1.29, 1.82) is 0 Å². The van der Waals surface area contributed by atoms with E-state index in [4.69, 9.17) is 4.74 Å². The van der Waals surface area contributed by atoms with Gasteiger partial charge in [0.05, 0.1) is 17.2 Å². The summed E-state index contributed by atoms with van der Waals surface area (Å²) in [5.41, 5.74) is 1.65. The van der Waals surface area contributed by atoms with E-state index in [2.05, 4.69) is 5.10 Å². The van der Waals surface area contributed by atoms with Gasteiger partial charge in [0.1, 0.15) is 4.83 Å². The van der Waals surface area contributed by atoms with Gasteiger partial charge >= 0.3 is 5.97 Å². The molecule has 0 amide bonds. The monoisotopic (exact) mass is 376 g/mol. The number of carbonyl (C=O) groups excluding carboxylic acids is 2.